The van der Waals surface area contributed by atoms with Crippen molar-refractivity contribution in [3.05, 3.63) is 70.0 Å². The fraction of sp³-hybridized carbons (Fsp3) is 0.238. The molecule has 0 spiro atoms. The summed E-state index contributed by atoms with van der Waals surface area (Å²) in [6, 6.07) is 15.2. The third-order valence-electron chi connectivity index (χ3n) is 5.11. The Morgan fingerprint density at radius 1 is 1.12 bits per heavy atom. The lowest BCUT2D eigenvalue weighted by Gasteiger charge is -2.10. The minimum absolute atomic E-state index is 0.0732. The van der Waals surface area contributed by atoms with Gasteiger partial charge in [-0.25, -0.2) is 0 Å². The molecule has 0 aliphatic carbocycles. The summed E-state index contributed by atoms with van der Waals surface area (Å²) < 4.78 is 0. The number of rotatable bonds is 3. The van der Waals surface area contributed by atoms with E-state index in [4.69, 9.17) is 0 Å². The average molecular weight is 348 g/mol. The molecule has 1 saturated heterocycles. The van der Waals surface area contributed by atoms with Gasteiger partial charge in [0.05, 0.1) is 18.6 Å². The van der Waals surface area contributed by atoms with E-state index >= 15 is 0 Å². The van der Waals surface area contributed by atoms with Gasteiger partial charge in [0.1, 0.15) is 0 Å². The lowest BCUT2D eigenvalue weighted by molar-refractivity contribution is -0.120. The van der Waals surface area contributed by atoms with Gasteiger partial charge in [-0.15, -0.1) is 0 Å². The minimum atomic E-state index is -0.327. The maximum absolute atomic E-state index is 12.7. The van der Waals surface area contributed by atoms with Crippen LogP contribution in [0.15, 0.2) is 53.3 Å². The predicted molar refractivity (Wildman–Crippen MR) is 101 cm³/mol. The quantitative estimate of drug-likeness (QED) is 0.680. The standard InChI is InChI=1S/C21H20N2O3/c1-12-4-2-3-5-16(12)19-9-14-7-6-13(8-17(14)21(26)23-19)18-10-15(11-24)22-20(18)25/h2-9,15,18,24H,10-11H2,1H3,(H,22,25)(H,23,26)/t15?,18-/m1/s1. The van der Waals surface area contributed by atoms with Gasteiger partial charge in [0.25, 0.3) is 5.56 Å². The first-order valence-corrected chi connectivity index (χ1v) is 8.71. The Morgan fingerprint density at radius 2 is 1.92 bits per heavy atom. The Kier molecular flexibility index (Phi) is 4.09. The van der Waals surface area contributed by atoms with E-state index in [-0.39, 0.29) is 30.0 Å². The SMILES string of the molecule is Cc1ccccc1-c1cc2ccc([C@H]3CC(CO)NC3=O)cc2c(=O)[nH]1. The number of hydrogen-bond donors (Lipinski definition) is 3. The summed E-state index contributed by atoms with van der Waals surface area (Å²) in [5.41, 5.74) is 3.51. The number of fused-ring (bicyclic) bond motifs is 1. The molecule has 1 unspecified atom stereocenters. The van der Waals surface area contributed by atoms with Crippen LogP contribution in [0.4, 0.5) is 0 Å². The van der Waals surface area contributed by atoms with Crippen LogP contribution in [0.5, 0.6) is 0 Å². The molecule has 0 bridgehead atoms. The molecule has 3 aromatic rings. The number of aryl methyl sites for hydroxylation is 1. The summed E-state index contributed by atoms with van der Waals surface area (Å²) in [5, 5.41) is 13.4. The molecule has 5 heteroatoms. The molecule has 2 heterocycles. The summed E-state index contributed by atoms with van der Waals surface area (Å²) in [7, 11) is 0. The van der Waals surface area contributed by atoms with Gasteiger partial charge in [0.2, 0.25) is 5.91 Å². The Morgan fingerprint density at radius 3 is 2.65 bits per heavy atom. The molecule has 2 aromatic carbocycles. The number of hydrogen-bond acceptors (Lipinski definition) is 3. The zero-order valence-corrected chi connectivity index (χ0v) is 14.5. The van der Waals surface area contributed by atoms with Gasteiger partial charge in [-0.3, -0.25) is 9.59 Å². The molecule has 1 aliphatic heterocycles. The van der Waals surface area contributed by atoms with E-state index in [2.05, 4.69) is 10.3 Å². The molecule has 1 amide bonds. The lowest BCUT2D eigenvalue weighted by Crippen LogP contribution is -2.28. The van der Waals surface area contributed by atoms with Gasteiger partial charge in [-0.05, 0) is 42.0 Å². The number of aliphatic hydroxyl groups excluding tert-OH is 1. The first-order valence-electron chi connectivity index (χ1n) is 8.71. The predicted octanol–water partition coefficient (Wildman–Crippen LogP) is 2.47. The van der Waals surface area contributed by atoms with Crippen molar-refractivity contribution in [2.45, 2.75) is 25.3 Å². The first-order chi connectivity index (χ1) is 12.6. The summed E-state index contributed by atoms with van der Waals surface area (Å²) in [6.07, 6.45) is 0.542. The second-order valence-corrected chi connectivity index (χ2v) is 6.85. The van der Waals surface area contributed by atoms with Crippen molar-refractivity contribution >= 4 is 16.7 Å². The van der Waals surface area contributed by atoms with E-state index in [1.165, 1.54) is 0 Å². The summed E-state index contributed by atoms with van der Waals surface area (Å²) in [5.74, 6) is -0.427. The van der Waals surface area contributed by atoms with Gasteiger partial charge in [0, 0.05) is 16.6 Å². The van der Waals surface area contributed by atoms with Gasteiger partial charge >= 0.3 is 0 Å². The minimum Gasteiger partial charge on any atom is -0.394 e. The zero-order valence-electron chi connectivity index (χ0n) is 14.5. The van der Waals surface area contributed by atoms with Gasteiger partial charge < -0.3 is 15.4 Å². The van der Waals surface area contributed by atoms with Gasteiger partial charge in [0.15, 0.2) is 0 Å². The molecule has 1 aromatic heterocycles. The Balaban J connectivity index is 1.78. The fourth-order valence-corrected chi connectivity index (χ4v) is 3.67. The Hall–Kier alpha value is -2.92. The van der Waals surface area contributed by atoms with Gasteiger partial charge in [-0.1, -0.05) is 36.4 Å². The molecule has 1 aliphatic rings. The summed E-state index contributed by atoms with van der Waals surface area (Å²) >= 11 is 0. The molecule has 1 fully saturated rings. The van der Waals surface area contributed by atoms with Crippen molar-refractivity contribution in [3.63, 3.8) is 0 Å². The van der Waals surface area contributed by atoms with Crippen molar-refractivity contribution in [1.29, 1.82) is 0 Å². The highest BCUT2D eigenvalue weighted by atomic mass is 16.3. The Bertz CT molecular complexity index is 1050. The molecular weight excluding hydrogens is 328 g/mol. The number of aliphatic hydroxyl groups is 1. The third-order valence-corrected chi connectivity index (χ3v) is 5.11. The normalized spacial score (nSPS) is 19.7. The van der Waals surface area contributed by atoms with Crippen LogP contribution in [0.3, 0.4) is 0 Å². The van der Waals surface area contributed by atoms with E-state index in [9.17, 15) is 14.7 Å². The first kappa shape index (κ1) is 16.5. The van der Waals surface area contributed by atoms with E-state index in [1.807, 2.05) is 49.4 Å². The molecule has 3 N–H and O–H groups in total. The molecule has 0 radical (unpaired) electrons. The van der Waals surface area contributed by atoms with Crippen molar-refractivity contribution < 1.29 is 9.90 Å². The van der Waals surface area contributed by atoms with E-state index in [1.54, 1.807) is 6.07 Å². The zero-order chi connectivity index (χ0) is 18.3. The highest BCUT2D eigenvalue weighted by molar-refractivity contribution is 5.90. The molecule has 4 rings (SSSR count). The number of pyridine rings is 1. The number of carbonyl (C=O) groups excluding carboxylic acids is 1. The highest BCUT2D eigenvalue weighted by Crippen LogP contribution is 2.29. The van der Waals surface area contributed by atoms with Crippen molar-refractivity contribution in [2.75, 3.05) is 6.61 Å². The number of carbonyl (C=O) groups is 1. The number of aromatic nitrogens is 1. The largest absolute Gasteiger partial charge is 0.394 e. The molecule has 132 valence electrons. The molecule has 5 nitrogen and oxygen atoms in total. The van der Waals surface area contributed by atoms with Crippen LogP contribution in [0.2, 0.25) is 0 Å². The number of benzene rings is 2. The molecule has 26 heavy (non-hydrogen) atoms. The van der Waals surface area contributed by atoms with Crippen molar-refractivity contribution in [2.24, 2.45) is 0 Å². The van der Waals surface area contributed by atoms with E-state index in [0.29, 0.717) is 11.8 Å². The van der Waals surface area contributed by atoms with Crippen LogP contribution >= 0.6 is 0 Å². The third kappa shape index (κ3) is 2.80. The number of nitrogens with one attached hydrogen (secondary N) is 2. The monoisotopic (exact) mass is 348 g/mol. The van der Waals surface area contributed by atoms with Gasteiger partial charge in [-0.2, -0.15) is 0 Å². The van der Waals surface area contributed by atoms with Crippen LogP contribution in [-0.2, 0) is 4.79 Å². The molecule has 2 atom stereocenters. The topological polar surface area (TPSA) is 82.2 Å². The smallest absolute Gasteiger partial charge is 0.256 e. The lowest BCUT2D eigenvalue weighted by atomic mass is 9.93. The van der Waals surface area contributed by atoms with Crippen LogP contribution in [0, 0.1) is 6.92 Å². The Labute approximate surface area is 150 Å². The average Bonchev–Trinajstić information content (AvgIpc) is 3.03. The maximum atomic E-state index is 12.7. The fourth-order valence-electron chi connectivity index (χ4n) is 3.67. The number of H-pyrrole nitrogens is 1. The summed E-state index contributed by atoms with van der Waals surface area (Å²) in [6.45, 7) is 1.94. The second-order valence-electron chi connectivity index (χ2n) is 6.85. The number of aromatic amines is 1. The van der Waals surface area contributed by atoms with Crippen molar-refractivity contribution in [3.8, 4) is 11.3 Å². The molecular formula is C21H20N2O3. The van der Waals surface area contributed by atoms with Crippen molar-refractivity contribution in [1.82, 2.24) is 10.3 Å². The maximum Gasteiger partial charge on any atom is 0.256 e. The van der Waals surface area contributed by atoms with Crippen LogP contribution in [0.1, 0.15) is 23.5 Å². The van der Waals surface area contributed by atoms with Crippen LogP contribution in [-0.4, -0.2) is 28.6 Å². The van der Waals surface area contributed by atoms with E-state index < -0.39 is 0 Å². The summed E-state index contributed by atoms with van der Waals surface area (Å²) in [4.78, 5) is 27.8. The van der Waals surface area contributed by atoms with Crippen LogP contribution in [0.25, 0.3) is 22.0 Å². The second kappa shape index (κ2) is 6.42. The number of amides is 1. The van der Waals surface area contributed by atoms with E-state index in [0.717, 1.165) is 27.8 Å². The highest BCUT2D eigenvalue weighted by Gasteiger charge is 2.32. The molecule has 0 saturated carbocycles. The van der Waals surface area contributed by atoms with Crippen LogP contribution < -0.4 is 10.9 Å².